The molecular formula is C24H24F2N2O5S. The molecular weight excluding hydrogens is 466 g/mol. The zero-order valence-electron chi connectivity index (χ0n) is 18.6. The van der Waals surface area contributed by atoms with Crippen LogP contribution in [-0.4, -0.2) is 40.8 Å². The summed E-state index contributed by atoms with van der Waals surface area (Å²) in [5.41, 5.74) is 0.623. The number of anilines is 1. The molecule has 0 saturated heterocycles. The lowest BCUT2D eigenvalue weighted by Crippen LogP contribution is -2.30. The fraction of sp³-hybridized carbons (Fsp3) is 0.208. The Balaban J connectivity index is 1.59. The number of amides is 1. The van der Waals surface area contributed by atoms with Crippen molar-refractivity contribution in [2.45, 2.75) is 6.54 Å². The molecule has 0 aliphatic heterocycles. The zero-order valence-corrected chi connectivity index (χ0v) is 19.4. The number of ether oxygens (including phenoxy) is 2. The number of hydrogen-bond donors (Lipinski definition) is 1. The third kappa shape index (κ3) is 6.67. The third-order valence-corrected chi connectivity index (χ3v) is 5.95. The number of carbonyl (C=O) groups is 1. The summed E-state index contributed by atoms with van der Waals surface area (Å²) in [7, 11) is -2.29. The fourth-order valence-corrected chi connectivity index (χ4v) is 4.01. The lowest BCUT2D eigenvalue weighted by molar-refractivity contribution is 0.0947. The van der Waals surface area contributed by atoms with Gasteiger partial charge in [-0.05, 0) is 42.0 Å². The molecule has 0 radical (unpaired) electrons. The molecule has 0 aromatic heterocycles. The second kappa shape index (κ2) is 11.0. The highest BCUT2D eigenvalue weighted by atomic mass is 32.2. The summed E-state index contributed by atoms with van der Waals surface area (Å²) in [6.45, 7) is 0.338. The van der Waals surface area contributed by atoms with E-state index in [9.17, 15) is 22.0 Å². The number of rotatable bonds is 10. The summed E-state index contributed by atoms with van der Waals surface area (Å²) < 4.78 is 63.4. The van der Waals surface area contributed by atoms with Gasteiger partial charge in [-0.1, -0.05) is 18.2 Å². The van der Waals surface area contributed by atoms with Crippen molar-refractivity contribution in [1.82, 2.24) is 5.32 Å². The molecule has 10 heteroatoms. The second-order valence-electron chi connectivity index (χ2n) is 7.35. The van der Waals surface area contributed by atoms with Gasteiger partial charge < -0.3 is 14.8 Å². The van der Waals surface area contributed by atoms with Crippen LogP contribution < -0.4 is 19.1 Å². The number of nitrogens with zero attached hydrogens (tertiary/aromatic N) is 1. The Bertz CT molecular complexity index is 1250. The lowest BCUT2D eigenvalue weighted by atomic mass is 10.1. The van der Waals surface area contributed by atoms with Gasteiger partial charge in [0.1, 0.15) is 29.7 Å². The quantitative estimate of drug-likeness (QED) is 0.438. The van der Waals surface area contributed by atoms with Crippen LogP contribution in [0.3, 0.4) is 0 Å². The van der Waals surface area contributed by atoms with Crippen molar-refractivity contribution in [3.8, 4) is 11.5 Å². The van der Waals surface area contributed by atoms with E-state index >= 15 is 0 Å². The average molecular weight is 491 g/mol. The number of halogens is 2. The Morgan fingerprint density at radius 3 is 2.35 bits per heavy atom. The first-order chi connectivity index (χ1) is 16.2. The van der Waals surface area contributed by atoms with Gasteiger partial charge in [0, 0.05) is 17.7 Å². The highest BCUT2D eigenvalue weighted by Crippen LogP contribution is 2.25. The molecule has 0 spiro atoms. The monoisotopic (exact) mass is 490 g/mol. The highest BCUT2D eigenvalue weighted by Gasteiger charge is 2.21. The summed E-state index contributed by atoms with van der Waals surface area (Å²) in [5.74, 6) is -0.842. The molecule has 0 saturated carbocycles. The van der Waals surface area contributed by atoms with Crippen molar-refractivity contribution >= 4 is 21.6 Å². The van der Waals surface area contributed by atoms with Crippen molar-refractivity contribution in [1.29, 1.82) is 0 Å². The Morgan fingerprint density at radius 1 is 1.00 bits per heavy atom. The molecule has 0 bridgehead atoms. The van der Waals surface area contributed by atoms with E-state index < -0.39 is 21.7 Å². The summed E-state index contributed by atoms with van der Waals surface area (Å²) in [5, 5.41) is 2.73. The van der Waals surface area contributed by atoms with Crippen LogP contribution in [0.1, 0.15) is 15.9 Å². The summed E-state index contributed by atoms with van der Waals surface area (Å²) in [6, 6.07) is 16.0. The van der Waals surface area contributed by atoms with Crippen LogP contribution in [-0.2, 0) is 16.6 Å². The summed E-state index contributed by atoms with van der Waals surface area (Å²) in [6.07, 6.45) is 0.936. The minimum absolute atomic E-state index is 0.183. The molecule has 3 aromatic carbocycles. The van der Waals surface area contributed by atoms with Crippen LogP contribution in [0.5, 0.6) is 11.5 Å². The number of hydrogen-bond acceptors (Lipinski definition) is 5. The standard InChI is InChI=1S/C24H24F2N2O5S/c1-32-20-4-3-5-21(15-20)33-13-12-27-24(29)18-8-6-17(7-9-18)16-28(34(2,30)31)23-11-10-19(25)14-22(23)26/h3-11,14-15H,12-13,16H2,1-2H3,(H,27,29). The van der Waals surface area contributed by atoms with E-state index in [0.29, 0.717) is 28.7 Å². The van der Waals surface area contributed by atoms with Gasteiger partial charge in [-0.3, -0.25) is 9.10 Å². The minimum atomic E-state index is -3.85. The minimum Gasteiger partial charge on any atom is -0.497 e. The fourth-order valence-electron chi connectivity index (χ4n) is 3.12. The second-order valence-corrected chi connectivity index (χ2v) is 9.25. The van der Waals surface area contributed by atoms with Gasteiger partial charge in [0.2, 0.25) is 10.0 Å². The molecule has 180 valence electrons. The predicted molar refractivity (Wildman–Crippen MR) is 125 cm³/mol. The topological polar surface area (TPSA) is 84.9 Å². The van der Waals surface area contributed by atoms with E-state index in [1.54, 1.807) is 43.5 Å². The van der Waals surface area contributed by atoms with Gasteiger partial charge in [0.05, 0.1) is 32.1 Å². The largest absolute Gasteiger partial charge is 0.497 e. The molecule has 3 aromatic rings. The molecule has 0 heterocycles. The molecule has 3 rings (SSSR count). The van der Waals surface area contributed by atoms with E-state index in [4.69, 9.17) is 9.47 Å². The smallest absolute Gasteiger partial charge is 0.251 e. The zero-order chi connectivity index (χ0) is 24.7. The van der Waals surface area contributed by atoms with Gasteiger partial charge in [0.15, 0.2) is 0 Å². The average Bonchev–Trinajstić information content (AvgIpc) is 2.80. The van der Waals surface area contributed by atoms with Crippen molar-refractivity contribution in [2.24, 2.45) is 0 Å². The SMILES string of the molecule is COc1cccc(OCCNC(=O)c2ccc(CN(c3ccc(F)cc3F)S(C)(=O)=O)cc2)c1. The van der Waals surface area contributed by atoms with E-state index in [1.807, 2.05) is 0 Å². The molecule has 1 N–H and O–H groups in total. The van der Waals surface area contributed by atoms with Crippen LogP contribution in [0.2, 0.25) is 0 Å². The van der Waals surface area contributed by atoms with Gasteiger partial charge in [0.25, 0.3) is 5.91 Å². The van der Waals surface area contributed by atoms with Gasteiger partial charge >= 0.3 is 0 Å². The molecule has 0 unspecified atom stereocenters. The van der Waals surface area contributed by atoms with E-state index in [-0.39, 0.29) is 31.3 Å². The maximum Gasteiger partial charge on any atom is 0.251 e. The number of sulfonamides is 1. The van der Waals surface area contributed by atoms with Crippen molar-refractivity contribution in [3.63, 3.8) is 0 Å². The van der Waals surface area contributed by atoms with E-state index in [2.05, 4.69) is 5.32 Å². The molecule has 0 aliphatic rings. The normalized spacial score (nSPS) is 11.1. The Hall–Kier alpha value is -3.66. The van der Waals surface area contributed by atoms with E-state index in [0.717, 1.165) is 22.7 Å². The first kappa shape index (κ1) is 25.0. The van der Waals surface area contributed by atoms with Gasteiger partial charge in [-0.25, -0.2) is 17.2 Å². The highest BCUT2D eigenvalue weighted by molar-refractivity contribution is 7.92. The maximum atomic E-state index is 14.2. The van der Waals surface area contributed by atoms with Crippen molar-refractivity contribution in [3.05, 3.63) is 89.5 Å². The molecule has 34 heavy (non-hydrogen) atoms. The Labute approximate surface area is 197 Å². The van der Waals surface area contributed by atoms with Crippen LogP contribution in [0.4, 0.5) is 14.5 Å². The van der Waals surface area contributed by atoms with E-state index in [1.165, 1.54) is 12.1 Å². The molecule has 0 fully saturated rings. The number of carbonyl (C=O) groups excluding carboxylic acids is 1. The first-order valence-electron chi connectivity index (χ1n) is 10.2. The maximum absolute atomic E-state index is 14.2. The van der Waals surface area contributed by atoms with Crippen LogP contribution in [0, 0.1) is 11.6 Å². The first-order valence-corrected chi connectivity index (χ1v) is 12.1. The Morgan fingerprint density at radius 2 is 1.71 bits per heavy atom. The van der Waals surface area contributed by atoms with Gasteiger partial charge in [-0.2, -0.15) is 0 Å². The molecule has 0 atom stereocenters. The van der Waals surface area contributed by atoms with Crippen LogP contribution in [0.25, 0.3) is 0 Å². The summed E-state index contributed by atoms with van der Waals surface area (Å²) >= 11 is 0. The van der Waals surface area contributed by atoms with Crippen molar-refractivity contribution < 1.29 is 31.5 Å². The predicted octanol–water partition coefficient (Wildman–Crippen LogP) is 3.75. The van der Waals surface area contributed by atoms with Crippen molar-refractivity contribution in [2.75, 3.05) is 30.8 Å². The molecule has 1 amide bonds. The lowest BCUT2D eigenvalue weighted by Gasteiger charge is -2.23. The summed E-state index contributed by atoms with van der Waals surface area (Å²) in [4.78, 5) is 12.4. The number of nitrogens with one attached hydrogen (secondary N) is 1. The molecule has 7 nitrogen and oxygen atoms in total. The van der Waals surface area contributed by atoms with Crippen LogP contribution >= 0.6 is 0 Å². The number of benzene rings is 3. The Kier molecular flexibility index (Phi) is 8.06. The third-order valence-electron chi connectivity index (χ3n) is 4.82. The van der Waals surface area contributed by atoms with Gasteiger partial charge in [-0.15, -0.1) is 0 Å². The van der Waals surface area contributed by atoms with Crippen LogP contribution in [0.15, 0.2) is 66.7 Å². The number of methoxy groups -OCH3 is 1. The molecule has 0 aliphatic carbocycles.